The number of methoxy groups -OCH3 is 1. The number of fused-ring (bicyclic) bond motifs is 1. The van der Waals surface area contributed by atoms with Gasteiger partial charge in [0.15, 0.2) is 6.61 Å². The first-order valence-corrected chi connectivity index (χ1v) is 7.30. The molecule has 0 fully saturated rings. The molecule has 1 aromatic rings. The molecule has 1 aliphatic carbocycles. The average Bonchev–Trinajstić information content (AvgIpc) is 2.49. The zero-order valence-electron chi connectivity index (χ0n) is 12.1. The number of amides is 1. The van der Waals surface area contributed by atoms with Crippen molar-refractivity contribution < 1.29 is 14.3 Å². The third-order valence-corrected chi connectivity index (χ3v) is 3.54. The van der Waals surface area contributed by atoms with Gasteiger partial charge in [0.1, 0.15) is 5.75 Å². The summed E-state index contributed by atoms with van der Waals surface area (Å²) in [6.45, 7) is 1.36. The Labute approximate surface area is 120 Å². The van der Waals surface area contributed by atoms with Gasteiger partial charge in [0.2, 0.25) is 0 Å². The molecule has 4 heteroatoms. The molecule has 20 heavy (non-hydrogen) atoms. The van der Waals surface area contributed by atoms with Crippen molar-refractivity contribution in [1.29, 1.82) is 0 Å². The topological polar surface area (TPSA) is 47.6 Å². The minimum atomic E-state index is -0.0844. The van der Waals surface area contributed by atoms with Crippen LogP contribution in [0.4, 0.5) is 0 Å². The molecule has 0 saturated heterocycles. The van der Waals surface area contributed by atoms with Gasteiger partial charge in [-0.2, -0.15) is 0 Å². The average molecular weight is 277 g/mol. The zero-order chi connectivity index (χ0) is 14.2. The molecule has 1 N–H and O–H groups in total. The van der Waals surface area contributed by atoms with Gasteiger partial charge in [0.25, 0.3) is 5.91 Å². The molecule has 1 aromatic carbocycles. The first kappa shape index (κ1) is 14.9. The van der Waals surface area contributed by atoms with Crippen LogP contribution in [0, 0.1) is 0 Å². The lowest BCUT2D eigenvalue weighted by Crippen LogP contribution is -2.30. The minimum absolute atomic E-state index is 0.0752. The number of hydrogen-bond donors (Lipinski definition) is 1. The summed E-state index contributed by atoms with van der Waals surface area (Å²) in [5.74, 6) is 0.705. The van der Waals surface area contributed by atoms with Crippen molar-refractivity contribution in [2.45, 2.75) is 32.1 Å². The van der Waals surface area contributed by atoms with E-state index in [9.17, 15) is 4.79 Å². The maximum atomic E-state index is 11.6. The number of benzene rings is 1. The largest absolute Gasteiger partial charge is 0.484 e. The van der Waals surface area contributed by atoms with Gasteiger partial charge in [-0.3, -0.25) is 4.79 Å². The number of aryl methyl sites for hydroxylation is 2. The zero-order valence-corrected chi connectivity index (χ0v) is 12.1. The molecule has 0 aromatic heterocycles. The molecule has 2 rings (SSSR count). The standard InChI is InChI=1S/C16H23NO3/c1-19-10-4-9-17-16(18)12-20-15-8-7-13-5-2-3-6-14(13)11-15/h7-8,11H,2-6,9-10,12H2,1H3,(H,17,18). The first-order valence-electron chi connectivity index (χ1n) is 7.30. The van der Waals surface area contributed by atoms with Crippen LogP contribution in [0.15, 0.2) is 18.2 Å². The molecule has 0 atom stereocenters. The second-order valence-corrected chi connectivity index (χ2v) is 5.12. The second-order valence-electron chi connectivity index (χ2n) is 5.12. The molecule has 110 valence electrons. The maximum absolute atomic E-state index is 11.6. The predicted octanol–water partition coefficient (Wildman–Crippen LogP) is 2.10. The molecule has 1 aliphatic rings. The molecular weight excluding hydrogens is 254 g/mol. The molecule has 4 nitrogen and oxygen atoms in total. The third-order valence-electron chi connectivity index (χ3n) is 3.54. The van der Waals surface area contributed by atoms with Crippen molar-refractivity contribution in [2.24, 2.45) is 0 Å². The van der Waals surface area contributed by atoms with Crippen LogP contribution < -0.4 is 10.1 Å². The van der Waals surface area contributed by atoms with Gasteiger partial charge in [-0.15, -0.1) is 0 Å². The fourth-order valence-corrected chi connectivity index (χ4v) is 2.44. The Hall–Kier alpha value is -1.55. The van der Waals surface area contributed by atoms with Crippen LogP contribution in [0.2, 0.25) is 0 Å². The quantitative estimate of drug-likeness (QED) is 0.776. The summed E-state index contributed by atoms with van der Waals surface area (Å²) < 4.78 is 10.5. The summed E-state index contributed by atoms with van der Waals surface area (Å²) in [6, 6.07) is 6.16. The SMILES string of the molecule is COCCCNC(=O)COc1ccc2c(c1)CCCC2. The van der Waals surface area contributed by atoms with Gasteiger partial charge in [-0.1, -0.05) is 6.07 Å². The van der Waals surface area contributed by atoms with E-state index in [-0.39, 0.29) is 12.5 Å². The van der Waals surface area contributed by atoms with Gasteiger partial charge >= 0.3 is 0 Å². The Morgan fingerprint density at radius 1 is 1.25 bits per heavy atom. The van der Waals surface area contributed by atoms with E-state index in [4.69, 9.17) is 9.47 Å². The van der Waals surface area contributed by atoms with E-state index in [1.807, 2.05) is 6.07 Å². The fraction of sp³-hybridized carbons (Fsp3) is 0.562. The van der Waals surface area contributed by atoms with Gasteiger partial charge in [0.05, 0.1) is 0 Å². The van der Waals surface area contributed by atoms with E-state index < -0.39 is 0 Å². The molecule has 1 amide bonds. The van der Waals surface area contributed by atoms with Gasteiger partial charge in [0, 0.05) is 20.3 Å². The van der Waals surface area contributed by atoms with E-state index in [2.05, 4.69) is 17.4 Å². The monoisotopic (exact) mass is 277 g/mol. The number of carbonyl (C=O) groups excluding carboxylic acids is 1. The van der Waals surface area contributed by atoms with Crippen molar-refractivity contribution in [3.63, 3.8) is 0 Å². The predicted molar refractivity (Wildman–Crippen MR) is 78.1 cm³/mol. The van der Waals surface area contributed by atoms with E-state index in [0.29, 0.717) is 13.2 Å². The molecular formula is C16H23NO3. The van der Waals surface area contributed by atoms with Crippen molar-refractivity contribution in [2.75, 3.05) is 26.9 Å². The minimum Gasteiger partial charge on any atom is -0.484 e. The highest BCUT2D eigenvalue weighted by molar-refractivity contribution is 5.77. The second kappa shape index (κ2) is 7.90. The number of nitrogens with one attached hydrogen (secondary N) is 1. The lowest BCUT2D eigenvalue weighted by molar-refractivity contribution is -0.123. The first-order chi connectivity index (χ1) is 9.79. The number of hydrogen-bond acceptors (Lipinski definition) is 3. The normalized spacial score (nSPS) is 13.7. The van der Waals surface area contributed by atoms with Crippen LogP contribution in [0.25, 0.3) is 0 Å². The Bertz CT molecular complexity index is 445. The summed E-state index contributed by atoms with van der Waals surface area (Å²) in [4.78, 5) is 11.6. The Kier molecular flexibility index (Phi) is 5.87. The van der Waals surface area contributed by atoms with Gasteiger partial charge in [-0.05, 0) is 55.4 Å². The number of ether oxygens (including phenoxy) is 2. The Balaban J connectivity index is 1.74. The molecule has 0 bridgehead atoms. The summed E-state index contributed by atoms with van der Waals surface area (Å²) >= 11 is 0. The fourth-order valence-electron chi connectivity index (χ4n) is 2.44. The smallest absolute Gasteiger partial charge is 0.257 e. The summed E-state index contributed by atoms with van der Waals surface area (Å²) in [6.07, 6.45) is 5.62. The van der Waals surface area contributed by atoms with E-state index >= 15 is 0 Å². The van der Waals surface area contributed by atoms with Crippen molar-refractivity contribution in [3.8, 4) is 5.75 Å². The molecule has 0 heterocycles. The molecule has 0 radical (unpaired) electrons. The number of rotatable bonds is 7. The Morgan fingerprint density at radius 2 is 2.05 bits per heavy atom. The highest BCUT2D eigenvalue weighted by Gasteiger charge is 2.10. The van der Waals surface area contributed by atoms with Gasteiger partial charge < -0.3 is 14.8 Å². The Morgan fingerprint density at radius 3 is 2.85 bits per heavy atom. The molecule has 0 spiro atoms. The van der Waals surface area contributed by atoms with Crippen molar-refractivity contribution in [1.82, 2.24) is 5.32 Å². The van der Waals surface area contributed by atoms with Crippen molar-refractivity contribution >= 4 is 5.91 Å². The highest BCUT2D eigenvalue weighted by atomic mass is 16.5. The number of carbonyl (C=O) groups is 1. The van der Waals surface area contributed by atoms with Crippen LogP contribution >= 0.6 is 0 Å². The lowest BCUT2D eigenvalue weighted by atomic mass is 9.92. The summed E-state index contributed by atoms with van der Waals surface area (Å²) in [5.41, 5.74) is 2.79. The maximum Gasteiger partial charge on any atom is 0.257 e. The summed E-state index contributed by atoms with van der Waals surface area (Å²) in [7, 11) is 1.65. The van der Waals surface area contributed by atoms with E-state index in [1.54, 1.807) is 7.11 Å². The van der Waals surface area contributed by atoms with E-state index in [0.717, 1.165) is 25.0 Å². The van der Waals surface area contributed by atoms with E-state index in [1.165, 1.54) is 24.0 Å². The molecule has 0 saturated carbocycles. The third kappa shape index (κ3) is 4.53. The van der Waals surface area contributed by atoms with Gasteiger partial charge in [-0.25, -0.2) is 0 Å². The molecule has 0 unspecified atom stereocenters. The van der Waals surface area contributed by atoms with Crippen LogP contribution in [-0.2, 0) is 22.4 Å². The lowest BCUT2D eigenvalue weighted by Gasteiger charge is -2.16. The van der Waals surface area contributed by atoms with Crippen LogP contribution in [0.5, 0.6) is 5.75 Å². The molecule has 0 aliphatic heterocycles. The van der Waals surface area contributed by atoms with Crippen molar-refractivity contribution in [3.05, 3.63) is 29.3 Å². The van der Waals surface area contributed by atoms with Crippen LogP contribution in [0.3, 0.4) is 0 Å². The highest BCUT2D eigenvalue weighted by Crippen LogP contribution is 2.25. The summed E-state index contributed by atoms with van der Waals surface area (Å²) in [5, 5.41) is 2.81. The van der Waals surface area contributed by atoms with Crippen LogP contribution in [0.1, 0.15) is 30.4 Å². The van der Waals surface area contributed by atoms with Crippen LogP contribution in [-0.4, -0.2) is 32.8 Å².